The van der Waals surface area contributed by atoms with E-state index in [0.717, 1.165) is 81.5 Å². The van der Waals surface area contributed by atoms with Crippen LogP contribution in [0, 0.1) is 32.1 Å². The van der Waals surface area contributed by atoms with Gasteiger partial charge in [-0.1, -0.05) is 93.3 Å². The van der Waals surface area contributed by atoms with Gasteiger partial charge in [0.05, 0.1) is 11.2 Å². The van der Waals surface area contributed by atoms with Crippen LogP contribution < -0.4 is 4.74 Å². The molecule has 1 heterocycles. The molecule has 0 spiro atoms. The molecule has 0 saturated carbocycles. The molecule has 52 heavy (non-hydrogen) atoms. The largest absolute Gasteiger partial charge is 0.486 e. The molecule has 6 rings (SSSR count). The number of fused-ring (bicyclic) bond motifs is 5. The maximum absolute atomic E-state index is 14.6. The van der Waals surface area contributed by atoms with Crippen LogP contribution in [0.1, 0.15) is 83.3 Å². The molecule has 0 aliphatic rings. The van der Waals surface area contributed by atoms with Crippen molar-refractivity contribution in [2.75, 3.05) is 6.61 Å². The third-order valence-electron chi connectivity index (χ3n) is 10.2. The predicted molar refractivity (Wildman–Crippen MR) is 203 cm³/mol. The lowest BCUT2D eigenvalue weighted by Gasteiger charge is -2.19. The van der Waals surface area contributed by atoms with E-state index >= 15 is 0 Å². The monoisotopic (exact) mass is 708 g/mol. The number of nitrogens with one attached hydrogen (secondary N) is 1. The summed E-state index contributed by atoms with van der Waals surface area (Å²) < 4.78 is 61.0. The normalized spacial score (nSPS) is 12.7. The Kier molecular flexibility index (Phi) is 10.6. The Morgan fingerprint density at radius 2 is 1.50 bits per heavy atom. The number of aromatic nitrogens is 1. The number of unbranched alkanes of at least 4 members (excludes halogenated alkanes) is 1. The zero-order valence-electron chi connectivity index (χ0n) is 30.3. The van der Waals surface area contributed by atoms with E-state index in [4.69, 9.17) is 4.74 Å². The summed E-state index contributed by atoms with van der Waals surface area (Å²) in [5.74, 6) is -4.05. The minimum Gasteiger partial charge on any atom is -0.486 e. The minimum absolute atomic E-state index is 0.00358. The van der Waals surface area contributed by atoms with Gasteiger partial charge in [-0.15, -0.1) is 0 Å². The van der Waals surface area contributed by atoms with Crippen LogP contribution in [0.5, 0.6) is 5.75 Å². The number of rotatable bonds is 14. The fourth-order valence-electron chi connectivity index (χ4n) is 7.54. The number of halogens is 4. The minimum atomic E-state index is -4.34. The van der Waals surface area contributed by atoms with Crippen molar-refractivity contribution in [1.29, 1.82) is 5.41 Å². The lowest BCUT2D eigenvalue weighted by atomic mass is 9.89. The molecular weight excluding hydrogens is 664 g/mol. The summed E-state index contributed by atoms with van der Waals surface area (Å²) in [6.07, 6.45) is 0.438. The van der Waals surface area contributed by atoms with E-state index in [2.05, 4.69) is 24.5 Å². The molecular formula is C44H44F4N2O2. The van der Waals surface area contributed by atoms with Crippen LogP contribution in [0.15, 0.2) is 84.9 Å². The van der Waals surface area contributed by atoms with Gasteiger partial charge in [-0.05, 0) is 80.0 Å². The van der Waals surface area contributed by atoms with E-state index in [1.165, 1.54) is 6.07 Å². The first-order valence-electron chi connectivity index (χ1n) is 17.9. The molecule has 8 heteroatoms. The van der Waals surface area contributed by atoms with Gasteiger partial charge in [0.1, 0.15) is 5.75 Å². The van der Waals surface area contributed by atoms with Crippen LogP contribution in [0.2, 0.25) is 0 Å². The van der Waals surface area contributed by atoms with Crippen molar-refractivity contribution in [3.05, 3.63) is 124 Å². The van der Waals surface area contributed by atoms with Gasteiger partial charge in [0.15, 0.2) is 12.4 Å². The fourth-order valence-corrected chi connectivity index (χ4v) is 7.54. The molecule has 6 aromatic rings. The number of ketones is 1. The van der Waals surface area contributed by atoms with E-state index in [9.17, 15) is 27.8 Å². The second-order valence-corrected chi connectivity index (χ2v) is 13.9. The van der Waals surface area contributed by atoms with Crippen molar-refractivity contribution >= 4 is 44.1 Å². The zero-order chi connectivity index (χ0) is 37.3. The van der Waals surface area contributed by atoms with Gasteiger partial charge in [0.25, 0.3) is 0 Å². The number of carbonyl (C=O) groups is 1. The molecule has 0 fully saturated rings. The molecule has 0 amide bonds. The topological polar surface area (TPSA) is 55.1 Å². The summed E-state index contributed by atoms with van der Waals surface area (Å²) in [5.41, 5.74) is 6.86. The standard InChI is InChI=1S/C44H44F4N2O2/c1-6-8-13-29(7-2)24-50-37-19-18-30(40(49)33-16-11-12-17-38(33)52-25-44(47,48)43(45)46)22-34(37)35-23-36(31-14-9-10-15-32(31)41(35)50)42(51)39-27(4)20-26(3)21-28(39)5/h9-12,14-23,29,43,49H,6-8,13,24-25H2,1-5H3. The first-order chi connectivity index (χ1) is 24.9. The highest BCUT2D eigenvalue weighted by Crippen LogP contribution is 2.39. The van der Waals surface area contributed by atoms with Gasteiger partial charge in [-0.2, -0.15) is 8.78 Å². The van der Waals surface area contributed by atoms with Gasteiger partial charge in [0.2, 0.25) is 0 Å². The van der Waals surface area contributed by atoms with Crippen molar-refractivity contribution in [3.63, 3.8) is 0 Å². The predicted octanol–water partition coefficient (Wildman–Crippen LogP) is 12.0. The van der Waals surface area contributed by atoms with Crippen LogP contribution in [0.25, 0.3) is 32.6 Å². The maximum atomic E-state index is 14.6. The van der Waals surface area contributed by atoms with Crippen LogP contribution in [-0.4, -0.2) is 35.0 Å². The summed E-state index contributed by atoms with van der Waals surface area (Å²) in [5, 5.41) is 12.7. The average molecular weight is 709 g/mol. The molecule has 1 unspecified atom stereocenters. The molecule has 0 bridgehead atoms. The van der Waals surface area contributed by atoms with E-state index in [0.29, 0.717) is 22.6 Å². The Morgan fingerprint density at radius 1 is 0.827 bits per heavy atom. The maximum Gasteiger partial charge on any atom is 0.340 e. The summed E-state index contributed by atoms with van der Waals surface area (Å²) in [6, 6.07) is 25.9. The van der Waals surface area contributed by atoms with Gasteiger partial charge in [0, 0.05) is 50.5 Å². The number of alkyl halides is 4. The summed E-state index contributed by atoms with van der Waals surface area (Å²) in [4.78, 5) is 14.6. The van der Waals surface area contributed by atoms with Gasteiger partial charge >= 0.3 is 12.3 Å². The Morgan fingerprint density at radius 3 is 2.17 bits per heavy atom. The van der Waals surface area contributed by atoms with Crippen molar-refractivity contribution < 1.29 is 27.1 Å². The van der Waals surface area contributed by atoms with E-state index in [1.54, 1.807) is 18.2 Å². The summed E-state index contributed by atoms with van der Waals surface area (Å²) >= 11 is 0. The first-order valence-corrected chi connectivity index (χ1v) is 17.9. The SMILES string of the molecule is CCCCC(CC)Cn1c2ccc(C(=N)c3ccccc3OCC(F)(F)C(F)F)cc2c2cc(C(=O)c3c(C)cc(C)cc3C)c3ccccc3c21. The Labute approximate surface area is 301 Å². The second kappa shape index (κ2) is 14.9. The Bertz CT molecular complexity index is 2280. The van der Waals surface area contributed by atoms with Gasteiger partial charge in [-0.3, -0.25) is 10.2 Å². The molecule has 0 saturated heterocycles. The summed E-state index contributed by atoms with van der Waals surface area (Å²) in [6.45, 7) is 9.63. The van der Waals surface area contributed by atoms with E-state index in [-0.39, 0.29) is 22.8 Å². The van der Waals surface area contributed by atoms with Crippen molar-refractivity contribution in [2.45, 2.75) is 79.2 Å². The number of para-hydroxylation sites is 1. The molecule has 0 aliphatic heterocycles. The number of nitrogens with zero attached hydrogens (tertiary/aromatic N) is 1. The molecule has 5 aromatic carbocycles. The smallest absolute Gasteiger partial charge is 0.340 e. The number of aryl methyl sites for hydroxylation is 3. The highest BCUT2D eigenvalue weighted by Gasteiger charge is 2.42. The molecule has 1 atom stereocenters. The molecule has 1 N–H and O–H groups in total. The molecule has 4 nitrogen and oxygen atoms in total. The first kappa shape index (κ1) is 36.8. The molecule has 1 aromatic heterocycles. The van der Waals surface area contributed by atoms with E-state index in [1.807, 2.05) is 75.4 Å². The Hall–Kier alpha value is -4.98. The second-order valence-electron chi connectivity index (χ2n) is 13.9. The average Bonchev–Trinajstić information content (AvgIpc) is 3.43. The van der Waals surface area contributed by atoms with Crippen molar-refractivity contribution in [1.82, 2.24) is 4.57 Å². The fraction of sp³-hybridized carbons (Fsp3) is 0.318. The van der Waals surface area contributed by atoms with Gasteiger partial charge in [-0.25, -0.2) is 8.78 Å². The quantitative estimate of drug-likeness (QED) is 0.0696. The van der Waals surface area contributed by atoms with Gasteiger partial charge < -0.3 is 9.30 Å². The lowest BCUT2D eigenvalue weighted by Crippen LogP contribution is -2.34. The molecule has 0 aliphatic carbocycles. The highest BCUT2D eigenvalue weighted by molar-refractivity contribution is 6.27. The number of benzene rings is 5. The van der Waals surface area contributed by atoms with Crippen LogP contribution >= 0.6 is 0 Å². The van der Waals surface area contributed by atoms with Crippen molar-refractivity contribution in [2.24, 2.45) is 5.92 Å². The van der Waals surface area contributed by atoms with Crippen LogP contribution in [0.4, 0.5) is 17.6 Å². The van der Waals surface area contributed by atoms with Crippen LogP contribution in [-0.2, 0) is 6.54 Å². The number of carbonyl (C=O) groups excluding carboxylic acids is 1. The summed E-state index contributed by atoms with van der Waals surface area (Å²) in [7, 11) is 0. The number of ether oxygens (including phenoxy) is 1. The Balaban J connectivity index is 1.57. The zero-order valence-corrected chi connectivity index (χ0v) is 30.3. The molecule has 0 radical (unpaired) electrons. The lowest BCUT2D eigenvalue weighted by molar-refractivity contribution is -0.148. The third-order valence-corrected chi connectivity index (χ3v) is 10.2. The third kappa shape index (κ3) is 6.95. The van der Waals surface area contributed by atoms with Crippen molar-refractivity contribution in [3.8, 4) is 5.75 Å². The van der Waals surface area contributed by atoms with E-state index < -0.39 is 19.0 Å². The van der Waals surface area contributed by atoms with Crippen LogP contribution in [0.3, 0.4) is 0 Å². The molecule has 270 valence electrons. The number of hydrogen-bond acceptors (Lipinski definition) is 3. The number of hydrogen-bond donors (Lipinski definition) is 1. The highest BCUT2D eigenvalue weighted by atomic mass is 19.3.